The molecule has 0 aliphatic carbocycles. The Morgan fingerprint density at radius 3 is 1.06 bits per heavy atom. The predicted octanol–water partition coefficient (Wildman–Crippen LogP) is 7.40. The zero-order valence-corrected chi connectivity index (χ0v) is 15.7. The molecule has 0 fully saturated rings. The van der Waals surface area contributed by atoms with E-state index in [4.69, 9.17) is 0 Å². The molecular formula is C14H13F17O. The summed E-state index contributed by atoms with van der Waals surface area (Å²) in [6, 6.07) is 0. The van der Waals surface area contributed by atoms with E-state index < -0.39 is 66.3 Å². The minimum atomic E-state index is -8.59. The van der Waals surface area contributed by atoms with Crippen molar-refractivity contribution in [2.75, 3.05) is 0 Å². The SMILES string of the molecule is CC(C)CC(C)OC(F)(C(F)(F)F)C(F)(F)C(F)(F)C(F)(F)C(F)(F)C(F)(F)C(F)(F)F. The van der Waals surface area contributed by atoms with Crippen molar-refractivity contribution < 1.29 is 79.4 Å². The molecule has 0 bridgehead atoms. The average Bonchev–Trinajstić information content (AvgIpc) is 2.50. The number of halogens is 17. The number of rotatable bonds is 9. The summed E-state index contributed by atoms with van der Waals surface area (Å²) in [5, 5.41) is 0. The molecule has 0 aromatic heterocycles. The third kappa shape index (κ3) is 4.43. The van der Waals surface area contributed by atoms with E-state index in [9.17, 15) is 74.6 Å². The molecule has 2 unspecified atom stereocenters. The van der Waals surface area contributed by atoms with Gasteiger partial charge in [0.25, 0.3) is 0 Å². The minimum Gasteiger partial charge on any atom is -0.331 e. The molecule has 2 atom stereocenters. The Kier molecular flexibility index (Phi) is 7.90. The van der Waals surface area contributed by atoms with Crippen LogP contribution in [0.25, 0.3) is 0 Å². The van der Waals surface area contributed by atoms with E-state index in [0.717, 1.165) is 13.8 Å². The van der Waals surface area contributed by atoms with Gasteiger partial charge in [-0.05, 0) is 19.3 Å². The fraction of sp³-hybridized carbons (Fsp3) is 1.00. The van der Waals surface area contributed by atoms with Crippen molar-refractivity contribution in [3.05, 3.63) is 0 Å². The highest BCUT2D eigenvalue weighted by Crippen LogP contribution is 2.64. The lowest BCUT2D eigenvalue weighted by Crippen LogP contribution is -2.75. The van der Waals surface area contributed by atoms with Crippen LogP contribution in [0.1, 0.15) is 27.2 Å². The predicted molar refractivity (Wildman–Crippen MR) is 70.7 cm³/mol. The maximum absolute atomic E-state index is 14.2. The zero-order chi connectivity index (χ0) is 26.6. The van der Waals surface area contributed by atoms with Gasteiger partial charge in [0.2, 0.25) is 0 Å². The van der Waals surface area contributed by atoms with E-state index in [1.807, 2.05) is 0 Å². The van der Waals surface area contributed by atoms with Gasteiger partial charge in [-0.25, -0.2) is 0 Å². The van der Waals surface area contributed by atoms with E-state index in [1.54, 1.807) is 0 Å². The molecule has 194 valence electrons. The van der Waals surface area contributed by atoms with Gasteiger partial charge in [0.15, 0.2) is 0 Å². The second-order valence-electron chi connectivity index (χ2n) is 7.02. The minimum absolute atomic E-state index is 0.346. The Labute approximate surface area is 167 Å². The van der Waals surface area contributed by atoms with E-state index in [2.05, 4.69) is 4.74 Å². The molecule has 0 aliphatic heterocycles. The van der Waals surface area contributed by atoms with Crippen LogP contribution in [-0.4, -0.2) is 53.9 Å². The normalized spacial score (nSPS) is 18.7. The van der Waals surface area contributed by atoms with Gasteiger partial charge in [-0.15, -0.1) is 0 Å². The lowest BCUT2D eigenvalue weighted by Gasteiger charge is -2.44. The molecule has 0 amide bonds. The van der Waals surface area contributed by atoms with Crippen molar-refractivity contribution in [3.63, 3.8) is 0 Å². The summed E-state index contributed by atoms with van der Waals surface area (Å²) in [5.41, 5.74) is 0. The average molecular weight is 520 g/mol. The molecule has 0 radical (unpaired) electrons. The molecule has 0 saturated carbocycles. The summed E-state index contributed by atoms with van der Waals surface area (Å²) in [7, 11) is 0. The molecular weight excluding hydrogens is 507 g/mol. The molecule has 32 heavy (non-hydrogen) atoms. The fourth-order valence-corrected chi connectivity index (χ4v) is 2.28. The molecule has 0 rings (SSSR count). The van der Waals surface area contributed by atoms with Crippen LogP contribution in [0, 0.1) is 5.92 Å². The van der Waals surface area contributed by atoms with Crippen LogP contribution in [0.5, 0.6) is 0 Å². The van der Waals surface area contributed by atoms with Gasteiger partial charge in [0, 0.05) is 0 Å². The Hall–Kier alpha value is -1.23. The van der Waals surface area contributed by atoms with Crippen molar-refractivity contribution in [2.45, 2.75) is 81.1 Å². The molecule has 0 heterocycles. The first-order valence-electron chi connectivity index (χ1n) is 7.95. The summed E-state index contributed by atoms with van der Waals surface area (Å²) in [6.45, 7) is 2.64. The maximum atomic E-state index is 14.2. The topological polar surface area (TPSA) is 9.23 Å². The van der Waals surface area contributed by atoms with Crippen molar-refractivity contribution in [1.82, 2.24) is 0 Å². The van der Waals surface area contributed by atoms with Crippen molar-refractivity contribution in [3.8, 4) is 0 Å². The van der Waals surface area contributed by atoms with Gasteiger partial charge in [-0.1, -0.05) is 13.8 Å². The Morgan fingerprint density at radius 2 is 0.781 bits per heavy atom. The number of hydrogen-bond acceptors (Lipinski definition) is 1. The Balaban J connectivity index is 6.83. The first-order chi connectivity index (χ1) is 13.6. The van der Waals surface area contributed by atoms with E-state index >= 15 is 0 Å². The summed E-state index contributed by atoms with van der Waals surface area (Å²) in [6.07, 6.45) is -18.4. The molecule has 0 saturated heterocycles. The first-order valence-corrected chi connectivity index (χ1v) is 7.95. The van der Waals surface area contributed by atoms with Crippen molar-refractivity contribution >= 4 is 0 Å². The van der Waals surface area contributed by atoms with Crippen molar-refractivity contribution in [2.24, 2.45) is 5.92 Å². The van der Waals surface area contributed by atoms with Gasteiger partial charge in [-0.3, -0.25) is 0 Å². The molecule has 0 spiro atoms. The van der Waals surface area contributed by atoms with Crippen LogP contribution < -0.4 is 0 Å². The van der Waals surface area contributed by atoms with E-state index in [0.29, 0.717) is 6.92 Å². The quantitative estimate of drug-likeness (QED) is 0.288. The molecule has 0 aromatic rings. The van der Waals surface area contributed by atoms with Crippen LogP contribution in [0.15, 0.2) is 0 Å². The van der Waals surface area contributed by atoms with Gasteiger partial charge < -0.3 is 4.74 Å². The van der Waals surface area contributed by atoms with Crippen molar-refractivity contribution in [1.29, 1.82) is 0 Å². The number of alkyl halides is 17. The Morgan fingerprint density at radius 1 is 0.469 bits per heavy atom. The first kappa shape index (κ1) is 30.8. The molecule has 18 heteroatoms. The van der Waals surface area contributed by atoms with Crippen LogP contribution in [0.2, 0.25) is 0 Å². The van der Waals surface area contributed by atoms with Gasteiger partial charge >= 0.3 is 47.8 Å². The smallest absolute Gasteiger partial charge is 0.331 e. The summed E-state index contributed by atoms with van der Waals surface area (Å²) < 4.78 is 225. The summed E-state index contributed by atoms with van der Waals surface area (Å²) in [5.74, 6) is -49.9. The zero-order valence-electron chi connectivity index (χ0n) is 15.7. The largest absolute Gasteiger partial charge is 0.460 e. The highest BCUT2D eigenvalue weighted by molar-refractivity contribution is 5.14. The third-order valence-corrected chi connectivity index (χ3v) is 3.87. The monoisotopic (exact) mass is 520 g/mol. The molecule has 1 nitrogen and oxygen atoms in total. The van der Waals surface area contributed by atoms with Gasteiger partial charge in [0.05, 0.1) is 6.10 Å². The van der Waals surface area contributed by atoms with Gasteiger partial charge in [0.1, 0.15) is 0 Å². The lowest BCUT2D eigenvalue weighted by molar-refractivity contribution is -0.486. The molecule has 0 N–H and O–H groups in total. The fourth-order valence-electron chi connectivity index (χ4n) is 2.28. The summed E-state index contributed by atoms with van der Waals surface area (Å²) in [4.78, 5) is 0. The van der Waals surface area contributed by atoms with Crippen LogP contribution >= 0.6 is 0 Å². The van der Waals surface area contributed by atoms with Crippen LogP contribution in [0.3, 0.4) is 0 Å². The van der Waals surface area contributed by atoms with E-state index in [-0.39, 0.29) is 0 Å². The summed E-state index contributed by atoms with van der Waals surface area (Å²) >= 11 is 0. The standard InChI is InChI=1S/C14H13F17O/c1-5(2)4-6(3)32-12(25,14(29,30)31)10(21,22)8(17,18)7(15,16)9(19,20)11(23,24)13(26,27)28/h5-6H,4H2,1-3H3. The number of hydrogen-bond donors (Lipinski definition) is 0. The molecule has 0 aliphatic rings. The lowest BCUT2D eigenvalue weighted by atomic mass is 9.90. The van der Waals surface area contributed by atoms with Crippen LogP contribution in [0.4, 0.5) is 74.6 Å². The Bertz CT molecular complexity index is 647. The number of ether oxygens (including phenoxy) is 1. The highest BCUT2D eigenvalue weighted by atomic mass is 19.4. The van der Waals surface area contributed by atoms with Gasteiger partial charge in [-0.2, -0.15) is 74.6 Å². The third-order valence-electron chi connectivity index (χ3n) is 3.87. The highest BCUT2D eigenvalue weighted by Gasteiger charge is 2.95. The second kappa shape index (κ2) is 8.21. The second-order valence-corrected chi connectivity index (χ2v) is 7.02. The molecule has 0 aromatic carbocycles. The van der Waals surface area contributed by atoms with E-state index in [1.165, 1.54) is 0 Å². The van der Waals surface area contributed by atoms with Crippen LogP contribution in [-0.2, 0) is 4.74 Å². The maximum Gasteiger partial charge on any atom is 0.460 e.